The first-order valence-electron chi connectivity index (χ1n) is 11.7. The van der Waals surface area contributed by atoms with E-state index in [9.17, 15) is 9.59 Å². The maximum Gasteiger partial charge on any atom is 0.245 e. The number of hydrogen-bond acceptors (Lipinski definition) is 2. The molecule has 29 heavy (non-hydrogen) atoms. The average molecular weight is 401 g/mol. The Kier molecular flexibility index (Phi) is 10.2. The summed E-state index contributed by atoms with van der Waals surface area (Å²) < 4.78 is 0. The average Bonchev–Trinajstić information content (AvgIpc) is 2.75. The summed E-state index contributed by atoms with van der Waals surface area (Å²) in [6.07, 6.45) is 8.90. The van der Waals surface area contributed by atoms with Crippen molar-refractivity contribution in [2.45, 2.75) is 84.6 Å². The number of likely N-dealkylation sites (tertiary alicyclic amines) is 1. The number of piperidine rings is 1. The molecule has 1 heterocycles. The van der Waals surface area contributed by atoms with Crippen molar-refractivity contribution in [3.05, 3.63) is 35.9 Å². The number of carbonyl (C=O) groups excluding carboxylic acids is 2. The van der Waals surface area contributed by atoms with Gasteiger partial charge < -0.3 is 10.2 Å². The Morgan fingerprint density at radius 1 is 1.07 bits per heavy atom. The zero-order valence-corrected chi connectivity index (χ0v) is 18.7. The Labute approximate surface area is 177 Å². The normalized spacial score (nSPS) is 17.0. The van der Waals surface area contributed by atoms with E-state index in [-0.39, 0.29) is 23.8 Å². The van der Waals surface area contributed by atoms with Crippen LogP contribution in [0.15, 0.2) is 30.3 Å². The zero-order valence-electron chi connectivity index (χ0n) is 18.7. The molecule has 1 aliphatic heterocycles. The van der Waals surface area contributed by atoms with Gasteiger partial charge in [0.25, 0.3) is 0 Å². The Morgan fingerprint density at radius 3 is 2.38 bits per heavy atom. The first kappa shape index (κ1) is 23.4. The topological polar surface area (TPSA) is 49.4 Å². The van der Waals surface area contributed by atoms with E-state index < -0.39 is 0 Å². The standard InChI is InChI=1S/C25H40N2O2/c1-4-6-7-11-14-23(28)26-24(20(3)5-2)25(29)27-17-15-22(16-18-27)19-21-12-9-8-10-13-21/h8-10,12-13,20,22,24H,4-7,11,14-19H2,1-3H3,(H,26,28). The molecule has 4 heteroatoms. The minimum Gasteiger partial charge on any atom is -0.344 e. The van der Waals surface area contributed by atoms with E-state index in [1.807, 2.05) is 4.90 Å². The number of amides is 2. The van der Waals surface area contributed by atoms with Crippen LogP contribution in [-0.2, 0) is 16.0 Å². The summed E-state index contributed by atoms with van der Waals surface area (Å²) in [4.78, 5) is 27.6. The second-order valence-corrected chi connectivity index (χ2v) is 8.70. The van der Waals surface area contributed by atoms with E-state index in [2.05, 4.69) is 56.4 Å². The number of hydrogen-bond donors (Lipinski definition) is 1. The molecular weight excluding hydrogens is 360 g/mol. The molecule has 1 aromatic carbocycles. The molecule has 1 fully saturated rings. The lowest BCUT2D eigenvalue weighted by molar-refractivity contribution is -0.139. The second-order valence-electron chi connectivity index (χ2n) is 8.70. The van der Waals surface area contributed by atoms with Gasteiger partial charge in [-0.25, -0.2) is 0 Å². The van der Waals surface area contributed by atoms with Gasteiger partial charge in [0.05, 0.1) is 0 Å². The van der Waals surface area contributed by atoms with Crippen molar-refractivity contribution in [3.8, 4) is 0 Å². The number of nitrogens with one attached hydrogen (secondary N) is 1. The van der Waals surface area contributed by atoms with Gasteiger partial charge in [0, 0.05) is 19.5 Å². The molecule has 1 saturated heterocycles. The highest BCUT2D eigenvalue weighted by atomic mass is 16.2. The molecule has 0 spiro atoms. The maximum atomic E-state index is 13.2. The lowest BCUT2D eigenvalue weighted by Gasteiger charge is -2.36. The van der Waals surface area contributed by atoms with E-state index in [1.165, 1.54) is 12.0 Å². The fourth-order valence-corrected chi connectivity index (χ4v) is 4.14. The molecule has 0 bridgehead atoms. The van der Waals surface area contributed by atoms with Crippen molar-refractivity contribution < 1.29 is 9.59 Å². The number of rotatable bonds is 11. The fraction of sp³-hybridized carbons (Fsp3) is 0.680. The lowest BCUT2D eigenvalue weighted by Crippen LogP contribution is -2.53. The maximum absolute atomic E-state index is 13.2. The van der Waals surface area contributed by atoms with Crippen molar-refractivity contribution in [3.63, 3.8) is 0 Å². The summed E-state index contributed by atoms with van der Waals surface area (Å²) in [5.41, 5.74) is 1.38. The van der Waals surface area contributed by atoms with Gasteiger partial charge in [-0.2, -0.15) is 0 Å². The first-order valence-corrected chi connectivity index (χ1v) is 11.7. The smallest absolute Gasteiger partial charge is 0.245 e. The van der Waals surface area contributed by atoms with Gasteiger partial charge in [0.1, 0.15) is 6.04 Å². The molecule has 1 N–H and O–H groups in total. The fourth-order valence-electron chi connectivity index (χ4n) is 4.14. The van der Waals surface area contributed by atoms with Gasteiger partial charge in [-0.1, -0.05) is 76.8 Å². The highest BCUT2D eigenvalue weighted by Gasteiger charge is 2.32. The number of nitrogens with zero attached hydrogens (tertiary/aromatic N) is 1. The van der Waals surface area contributed by atoms with Crippen molar-refractivity contribution >= 4 is 11.8 Å². The number of unbranched alkanes of at least 4 members (excludes halogenated alkanes) is 3. The van der Waals surface area contributed by atoms with Crippen LogP contribution in [0.4, 0.5) is 0 Å². The van der Waals surface area contributed by atoms with Crippen LogP contribution in [-0.4, -0.2) is 35.8 Å². The van der Waals surface area contributed by atoms with Crippen LogP contribution in [0, 0.1) is 11.8 Å². The monoisotopic (exact) mass is 400 g/mol. The number of carbonyl (C=O) groups is 2. The molecule has 0 aromatic heterocycles. The third-order valence-corrected chi connectivity index (χ3v) is 6.35. The summed E-state index contributed by atoms with van der Waals surface area (Å²) in [5.74, 6) is 0.930. The van der Waals surface area contributed by atoms with E-state index >= 15 is 0 Å². The quantitative estimate of drug-likeness (QED) is 0.533. The molecule has 2 atom stereocenters. The molecule has 2 rings (SSSR count). The van der Waals surface area contributed by atoms with E-state index in [4.69, 9.17) is 0 Å². The third kappa shape index (κ3) is 7.83. The minimum atomic E-state index is -0.385. The zero-order chi connectivity index (χ0) is 21.1. The van der Waals surface area contributed by atoms with Crippen LogP contribution in [0.1, 0.15) is 77.7 Å². The van der Waals surface area contributed by atoms with Crippen LogP contribution in [0.3, 0.4) is 0 Å². The Bertz CT molecular complexity index is 609. The highest BCUT2D eigenvalue weighted by Crippen LogP contribution is 2.23. The van der Waals surface area contributed by atoms with E-state index in [0.717, 1.165) is 58.0 Å². The lowest BCUT2D eigenvalue weighted by atomic mass is 9.89. The molecule has 162 valence electrons. The van der Waals surface area contributed by atoms with Crippen molar-refractivity contribution in [2.75, 3.05) is 13.1 Å². The summed E-state index contributed by atoms with van der Waals surface area (Å²) in [5, 5.41) is 3.06. The van der Waals surface area contributed by atoms with E-state index in [1.54, 1.807) is 0 Å². The van der Waals surface area contributed by atoms with Gasteiger partial charge in [0.15, 0.2) is 0 Å². The van der Waals surface area contributed by atoms with Gasteiger partial charge in [-0.05, 0) is 43.1 Å². The SMILES string of the molecule is CCCCCCC(=O)NC(C(=O)N1CCC(Cc2ccccc2)CC1)C(C)CC. The second kappa shape index (κ2) is 12.7. The Morgan fingerprint density at radius 2 is 1.76 bits per heavy atom. The van der Waals surface area contributed by atoms with Gasteiger partial charge in [-0.15, -0.1) is 0 Å². The van der Waals surface area contributed by atoms with Gasteiger partial charge in [0.2, 0.25) is 11.8 Å². The molecule has 0 aliphatic carbocycles. The van der Waals surface area contributed by atoms with Crippen molar-refractivity contribution in [2.24, 2.45) is 11.8 Å². The predicted octanol–water partition coefficient (Wildman–Crippen LogP) is 4.97. The molecule has 0 radical (unpaired) electrons. The molecule has 2 unspecified atom stereocenters. The molecule has 2 amide bonds. The van der Waals surface area contributed by atoms with Crippen molar-refractivity contribution in [1.82, 2.24) is 10.2 Å². The highest BCUT2D eigenvalue weighted by molar-refractivity contribution is 5.88. The third-order valence-electron chi connectivity index (χ3n) is 6.35. The Balaban J connectivity index is 1.85. The first-order chi connectivity index (χ1) is 14.0. The predicted molar refractivity (Wildman–Crippen MR) is 120 cm³/mol. The minimum absolute atomic E-state index is 0.0266. The van der Waals surface area contributed by atoms with Crippen LogP contribution in [0.5, 0.6) is 0 Å². The summed E-state index contributed by atoms with van der Waals surface area (Å²) in [7, 11) is 0. The molecule has 0 saturated carbocycles. The Hall–Kier alpha value is -1.84. The van der Waals surface area contributed by atoms with Crippen molar-refractivity contribution in [1.29, 1.82) is 0 Å². The number of benzene rings is 1. The molecule has 1 aliphatic rings. The molecule has 4 nitrogen and oxygen atoms in total. The van der Waals surface area contributed by atoms with Crippen LogP contribution in [0.2, 0.25) is 0 Å². The van der Waals surface area contributed by atoms with Gasteiger partial charge >= 0.3 is 0 Å². The summed E-state index contributed by atoms with van der Waals surface area (Å²) in [6, 6.07) is 10.2. The molecule has 1 aromatic rings. The summed E-state index contributed by atoms with van der Waals surface area (Å²) >= 11 is 0. The summed E-state index contributed by atoms with van der Waals surface area (Å²) in [6.45, 7) is 7.93. The van der Waals surface area contributed by atoms with Crippen LogP contribution >= 0.6 is 0 Å². The largest absolute Gasteiger partial charge is 0.344 e. The van der Waals surface area contributed by atoms with Gasteiger partial charge in [-0.3, -0.25) is 9.59 Å². The van der Waals surface area contributed by atoms with Crippen LogP contribution < -0.4 is 5.32 Å². The van der Waals surface area contributed by atoms with E-state index in [0.29, 0.717) is 12.3 Å². The van der Waals surface area contributed by atoms with Crippen LogP contribution in [0.25, 0.3) is 0 Å². The molecular formula is C25H40N2O2.